The molecule has 88 valence electrons. The van der Waals surface area contributed by atoms with Crippen LogP contribution in [-0.4, -0.2) is 0 Å². The largest absolute Gasteiger partial charge is 0.271 e. The van der Waals surface area contributed by atoms with Crippen LogP contribution >= 0.6 is 0 Å². The van der Waals surface area contributed by atoms with Crippen molar-refractivity contribution in [1.82, 2.24) is 5.43 Å². The number of nitrogens with two attached hydrogens (primary N) is 1. The van der Waals surface area contributed by atoms with Gasteiger partial charge in [0.15, 0.2) is 0 Å². The van der Waals surface area contributed by atoms with E-state index in [1.807, 2.05) is 0 Å². The van der Waals surface area contributed by atoms with Crippen LogP contribution in [-0.2, 0) is 0 Å². The summed E-state index contributed by atoms with van der Waals surface area (Å²) in [6, 6.07) is 9.24. The predicted octanol–water partition coefficient (Wildman–Crippen LogP) is 3.11. The molecule has 1 aromatic carbocycles. The molecule has 1 aromatic rings. The number of hydrogen-bond donors (Lipinski definition) is 2. The third-order valence-corrected chi connectivity index (χ3v) is 3.72. The Morgan fingerprint density at radius 3 is 2.19 bits per heavy atom. The van der Waals surface area contributed by atoms with E-state index in [0.29, 0.717) is 5.92 Å². The standard InChI is InChI=1S/C14H22N2/c1-10(2)14(16-15)13-8-6-12(7-9-13)11-4-3-5-11/h6-11,14,16H,3-5,15H2,1-2H3. The summed E-state index contributed by atoms with van der Waals surface area (Å²) in [5, 5.41) is 0. The fourth-order valence-corrected chi connectivity index (χ4v) is 2.39. The van der Waals surface area contributed by atoms with Crippen LogP contribution < -0.4 is 11.3 Å². The van der Waals surface area contributed by atoms with Crippen molar-refractivity contribution in [1.29, 1.82) is 0 Å². The molecular formula is C14H22N2. The van der Waals surface area contributed by atoms with Crippen LogP contribution in [0.25, 0.3) is 0 Å². The van der Waals surface area contributed by atoms with E-state index in [0.717, 1.165) is 5.92 Å². The molecule has 0 saturated heterocycles. The molecule has 1 unspecified atom stereocenters. The van der Waals surface area contributed by atoms with Gasteiger partial charge in [0.25, 0.3) is 0 Å². The Labute approximate surface area is 98.2 Å². The van der Waals surface area contributed by atoms with E-state index in [1.54, 1.807) is 0 Å². The van der Waals surface area contributed by atoms with Gasteiger partial charge >= 0.3 is 0 Å². The molecule has 0 aromatic heterocycles. The second kappa shape index (κ2) is 4.98. The molecule has 1 aliphatic carbocycles. The maximum absolute atomic E-state index is 5.59. The van der Waals surface area contributed by atoms with Crippen molar-refractivity contribution in [3.8, 4) is 0 Å². The van der Waals surface area contributed by atoms with Gasteiger partial charge in [-0.3, -0.25) is 11.3 Å². The zero-order valence-corrected chi connectivity index (χ0v) is 10.2. The van der Waals surface area contributed by atoms with Gasteiger partial charge < -0.3 is 0 Å². The SMILES string of the molecule is CC(C)C(NN)c1ccc(C2CCC2)cc1. The van der Waals surface area contributed by atoms with E-state index < -0.39 is 0 Å². The highest BCUT2D eigenvalue weighted by molar-refractivity contribution is 5.28. The molecular weight excluding hydrogens is 196 g/mol. The maximum Gasteiger partial charge on any atom is 0.0482 e. The molecule has 0 heterocycles. The Balaban J connectivity index is 2.11. The molecule has 1 aliphatic rings. The highest BCUT2D eigenvalue weighted by atomic mass is 15.2. The average molecular weight is 218 g/mol. The highest BCUT2D eigenvalue weighted by Gasteiger charge is 2.20. The van der Waals surface area contributed by atoms with Gasteiger partial charge in [0, 0.05) is 6.04 Å². The number of hydrogen-bond acceptors (Lipinski definition) is 2. The third-order valence-electron chi connectivity index (χ3n) is 3.72. The summed E-state index contributed by atoms with van der Waals surface area (Å²) in [5.74, 6) is 6.92. The van der Waals surface area contributed by atoms with E-state index in [9.17, 15) is 0 Å². The van der Waals surface area contributed by atoms with E-state index in [4.69, 9.17) is 5.84 Å². The fourth-order valence-electron chi connectivity index (χ4n) is 2.39. The van der Waals surface area contributed by atoms with Crippen LogP contribution in [0.2, 0.25) is 0 Å². The lowest BCUT2D eigenvalue weighted by molar-refractivity contribution is 0.414. The molecule has 1 atom stereocenters. The molecule has 0 amide bonds. The molecule has 2 heteroatoms. The number of rotatable bonds is 4. The van der Waals surface area contributed by atoms with Crippen LogP contribution in [0, 0.1) is 5.92 Å². The normalized spacial score (nSPS) is 18.5. The minimum Gasteiger partial charge on any atom is -0.271 e. The van der Waals surface area contributed by atoms with E-state index >= 15 is 0 Å². The van der Waals surface area contributed by atoms with Crippen molar-refractivity contribution in [2.45, 2.75) is 45.1 Å². The molecule has 2 nitrogen and oxygen atoms in total. The molecule has 2 rings (SSSR count). The highest BCUT2D eigenvalue weighted by Crippen LogP contribution is 2.36. The molecule has 1 saturated carbocycles. The zero-order valence-electron chi connectivity index (χ0n) is 10.2. The van der Waals surface area contributed by atoms with Crippen molar-refractivity contribution in [3.05, 3.63) is 35.4 Å². The summed E-state index contributed by atoms with van der Waals surface area (Å²) in [5.41, 5.74) is 5.68. The molecule has 16 heavy (non-hydrogen) atoms. The minimum atomic E-state index is 0.260. The molecule has 0 spiro atoms. The average Bonchev–Trinajstić information content (AvgIpc) is 2.18. The molecule has 0 aliphatic heterocycles. The molecule has 3 N–H and O–H groups in total. The first-order chi connectivity index (χ1) is 7.72. The van der Waals surface area contributed by atoms with Gasteiger partial charge in [-0.25, -0.2) is 0 Å². The third kappa shape index (κ3) is 2.28. The van der Waals surface area contributed by atoms with Gasteiger partial charge in [-0.2, -0.15) is 0 Å². The summed E-state index contributed by atoms with van der Waals surface area (Å²) in [6.07, 6.45) is 4.12. The Kier molecular flexibility index (Phi) is 3.62. The van der Waals surface area contributed by atoms with Crippen molar-refractivity contribution < 1.29 is 0 Å². The quantitative estimate of drug-likeness (QED) is 0.602. The van der Waals surface area contributed by atoms with Gasteiger partial charge in [-0.05, 0) is 35.8 Å². The smallest absolute Gasteiger partial charge is 0.0482 e. The first-order valence-electron chi connectivity index (χ1n) is 6.28. The molecule has 0 radical (unpaired) electrons. The van der Waals surface area contributed by atoms with Crippen LogP contribution in [0.5, 0.6) is 0 Å². The maximum atomic E-state index is 5.59. The van der Waals surface area contributed by atoms with Crippen molar-refractivity contribution in [2.75, 3.05) is 0 Å². The summed E-state index contributed by atoms with van der Waals surface area (Å²) >= 11 is 0. The number of hydrazine groups is 1. The van der Waals surface area contributed by atoms with E-state index in [-0.39, 0.29) is 6.04 Å². The fraction of sp³-hybridized carbons (Fsp3) is 0.571. The number of benzene rings is 1. The van der Waals surface area contributed by atoms with Crippen LogP contribution in [0.15, 0.2) is 24.3 Å². The Morgan fingerprint density at radius 1 is 1.19 bits per heavy atom. The van der Waals surface area contributed by atoms with Gasteiger partial charge in [-0.15, -0.1) is 0 Å². The second-order valence-electron chi connectivity index (χ2n) is 5.18. The molecule has 0 bridgehead atoms. The Bertz CT molecular complexity index is 325. The van der Waals surface area contributed by atoms with Gasteiger partial charge in [0.2, 0.25) is 0 Å². The van der Waals surface area contributed by atoms with E-state index in [1.165, 1.54) is 30.4 Å². The van der Waals surface area contributed by atoms with Crippen molar-refractivity contribution in [2.24, 2.45) is 11.8 Å². The predicted molar refractivity (Wildman–Crippen MR) is 67.9 cm³/mol. The first-order valence-corrected chi connectivity index (χ1v) is 6.28. The Morgan fingerprint density at radius 2 is 1.81 bits per heavy atom. The van der Waals surface area contributed by atoms with Crippen LogP contribution in [0.1, 0.15) is 56.2 Å². The number of nitrogens with one attached hydrogen (secondary N) is 1. The second-order valence-corrected chi connectivity index (χ2v) is 5.18. The summed E-state index contributed by atoms with van der Waals surface area (Å²) in [7, 11) is 0. The topological polar surface area (TPSA) is 38.0 Å². The monoisotopic (exact) mass is 218 g/mol. The lowest BCUT2D eigenvalue weighted by atomic mass is 9.79. The van der Waals surface area contributed by atoms with Crippen molar-refractivity contribution >= 4 is 0 Å². The lowest BCUT2D eigenvalue weighted by Crippen LogP contribution is -2.31. The summed E-state index contributed by atoms with van der Waals surface area (Å²) in [4.78, 5) is 0. The summed E-state index contributed by atoms with van der Waals surface area (Å²) in [6.45, 7) is 4.37. The Hall–Kier alpha value is -0.860. The first kappa shape index (κ1) is 11.6. The van der Waals surface area contributed by atoms with Gasteiger partial charge in [0.05, 0.1) is 0 Å². The lowest BCUT2D eigenvalue weighted by Gasteiger charge is -2.27. The van der Waals surface area contributed by atoms with Crippen LogP contribution in [0.4, 0.5) is 0 Å². The zero-order chi connectivity index (χ0) is 11.5. The minimum absolute atomic E-state index is 0.260. The van der Waals surface area contributed by atoms with E-state index in [2.05, 4.69) is 43.5 Å². The van der Waals surface area contributed by atoms with Crippen molar-refractivity contribution in [3.63, 3.8) is 0 Å². The summed E-state index contributed by atoms with van der Waals surface area (Å²) < 4.78 is 0. The van der Waals surface area contributed by atoms with Gasteiger partial charge in [-0.1, -0.05) is 44.5 Å². The molecule has 1 fully saturated rings. The van der Waals surface area contributed by atoms with Crippen LogP contribution in [0.3, 0.4) is 0 Å². The van der Waals surface area contributed by atoms with Gasteiger partial charge in [0.1, 0.15) is 0 Å².